The number of thiol groups is 1. The van der Waals surface area contributed by atoms with Gasteiger partial charge < -0.3 is 0 Å². The summed E-state index contributed by atoms with van der Waals surface area (Å²) in [5.41, 5.74) is 0. The fourth-order valence-electron chi connectivity index (χ4n) is 0. The summed E-state index contributed by atoms with van der Waals surface area (Å²) in [6.45, 7) is 0. The van der Waals surface area contributed by atoms with Crippen LogP contribution in [-0.2, 0) is 0 Å². The highest BCUT2D eigenvalue weighted by Crippen LogP contribution is 1.78. The highest BCUT2D eigenvalue weighted by atomic mass is 79.9. The van der Waals surface area contributed by atoms with Crippen molar-refractivity contribution in [3.05, 3.63) is 0 Å². The molecule has 0 saturated carbocycles. The van der Waals surface area contributed by atoms with Gasteiger partial charge in [-0.3, -0.25) is 0 Å². The van der Waals surface area contributed by atoms with Gasteiger partial charge in [0.25, 0.3) is 0 Å². The summed E-state index contributed by atoms with van der Waals surface area (Å²) in [5, 5.41) is 0.996. The predicted octanol–water partition coefficient (Wildman–Crippen LogP) is 1.31. The lowest BCUT2D eigenvalue weighted by Gasteiger charge is -1.65. The smallest absolute Gasteiger partial charge is 0.0120 e. The summed E-state index contributed by atoms with van der Waals surface area (Å²) >= 11 is 7.05. The van der Waals surface area contributed by atoms with Crippen LogP contribution in [0.2, 0.25) is 0 Å². The minimum atomic E-state index is 0.931. The van der Waals surface area contributed by atoms with Crippen molar-refractivity contribution >= 4 is 28.6 Å². The van der Waals surface area contributed by atoms with E-state index in [0.29, 0.717) is 0 Å². The summed E-state index contributed by atoms with van der Waals surface area (Å²) < 4.78 is 0. The molecule has 0 fully saturated rings. The largest absolute Gasteiger partial charge is 0.178 e. The van der Waals surface area contributed by atoms with Gasteiger partial charge in [0.15, 0.2) is 0 Å². The molecule has 0 saturated heterocycles. The van der Waals surface area contributed by atoms with E-state index in [4.69, 9.17) is 0 Å². The Labute approximate surface area is 40.1 Å². The van der Waals surface area contributed by atoms with Gasteiger partial charge in [-0.05, 0) is 5.75 Å². The van der Waals surface area contributed by atoms with E-state index in [9.17, 15) is 0 Å². The molecule has 0 amide bonds. The molecule has 4 heavy (non-hydrogen) atoms. The van der Waals surface area contributed by atoms with Gasteiger partial charge >= 0.3 is 0 Å². The minimum absolute atomic E-state index is 0.931. The Hall–Kier alpha value is 0.830. The molecule has 0 atom stereocenters. The molecule has 0 aliphatic heterocycles. The van der Waals surface area contributed by atoms with Crippen molar-refractivity contribution in [2.75, 3.05) is 11.1 Å². The van der Waals surface area contributed by atoms with Crippen molar-refractivity contribution in [3.8, 4) is 0 Å². The molecule has 0 N–H and O–H groups in total. The molecule has 0 aromatic carbocycles. The number of hydrogen-bond acceptors (Lipinski definition) is 1. The Morgan fingerprint density at radius 2 is 2.00 bits per heavy atom. The van der Waals surface area contributed by atoms with E-state index >= 15 is 0 Å². The molecule has 0 aliphatic carbocycles. The standard InChI is InChI=1S/C2H5BrS/c3-1-2-4/h4H,1-2H2. The van der Waals surface area contributed by atoms with Crippen LogP contribution in [0, 0.1) is 0 Å². The van der Waals surface area contributed by atoms with Crippen molar-refractivity contribution in [1.82, 2.24) is 0 Å². The monoisotopic (exact) mass is 140 g/mol. The Kier molecular flexibility index (Phi) is 4.62. The Morgan fingerprint density at radius 3 is 2.00 bits per heavy atom. The quantitative estimate of drug-likeness (QED) is 0.413. The average Bonchev–Trinajstić information content (AvgIpc) is 1.37. The van der Waals surface area contributed by atoms with Gasteiger partial charge in [0.05, 0.1) is 0 Å². The maximum atomic E-state index is 3.87. The molecule has 0 heterocycles. The van der Waals surface area contributed by atoms with Crippen molar-refractivity contribution in [1.29, 1.82) is 0 Å². The normalized spacial score (nSPS) is 7.50. The third kappa shape index (κ3) is 2.83. The van der Waals surface area contributed by atoms with E-state index in [0.717, 1.165) is 11.1 Å². The lowest BCUT2D eigenvalue weighted by atomic mass is 11.0. The zero-order chi connectivity index (χ0) is 3.41. The summed E-state index contributed by atoms with van der Waals surface area (Å²) in [6.07, 6.45) is 0. The maximum absolute atomic E-state index is 3.87. The van der Waals surface area contributed by atoms with Crippen molar-refractivity contribution in [2.24, 2.45) is 0 Å². The van der Waals surface area contributed by atoms with E-state index in [1.165, 1.54) is 0 Å². The molecule has 2 heteroatoms. The van der Waals surface area contributed by atoms with Gasteiger partial charge in [0, 0.05) is 5.33 Å². The minimum Gasteiger partial charge on any atom is -0.178 e. The molecule has 0 radical (unpaired) electrons. The van der Waals surface area contributed by atoms with Gasteiger partial charge in [-0.1, -0.05) is 15.9 Å². The van der Waals surface area contributed by atoms with Crippen LogP contribution < -0.4 is 0 Å². The van der Waals surface area contributed by atoms with Gasteiger partial charge in [0.1, 0.15) is 0 Å². The molecule has 26 valence electrons. The van der Waals surface area contributed by atoms with E-state index in [2.05, 4.69) is 28.6 Å². The number of rotatable bonds is 1. The topological polar surface area (TPSA) is 0 Å². The van der Waals surface area contributed by atoms with E-state index in [-0.39, 0.29) is 0 Å². The van der Waals surface area contributed by atoms with Crippen molar-refractivity contribution < 1.29 is 0 Å². The van der Waals surface area contributed by atoms with Crippen LogP contribution in [0.15, 0.2) is 0 Å². The summed E-state index contributed by atoms with van der Waals surface area (Å²) in [6, 6.07) is 0. The lowest BCUT2D eigenvalue weighted by Crippen LogP contribution is -1.63. The zero-order valence-electron chi connectivity index (χ0n) is 2.24. The molecular formula is C2H5BrS. The van der Waals surface area contributed by atoms with E-state index in [1.54, 1.807) is 0 Å². The van der Waals surface area contributed by atoms with Gasteiger partial charge in [-0.25, -0.2) is 0 Å². The second kappa shape index (κ2) is 3.83. The first-order valence-corrected chi connectivity index (χ1v) is 2.84. The molecule has 0 rings (SSSR count). The molecule has 0 aromatic rings. The van der Waals surface area contributed by atoms with Crippen LogP contribution in [-0.4, -0.2) is 11.1 Å². The third-order valence-electron chi connectivity index (χ3n) is 0.0845. The second-order valence-electron chi connectivity index (χ2n) is 0.413. The first kappa shape index (κ1) is 4.83. The SMILES string of the molecule is SCCBr. The average molecular weight is 141 g/mol. The van der Waals surface area contributed by atoms with E-state index in [1.807, 2.05) is 0 Å². The van der Waals surface area contributed by atoms with Crippen molar-refractivity contribution in [3.63, 3.8) is 0 Å². The first-order valence-electron chi connectivity index (χ1n) is 1.08. The van der Waals surface area contributed by atoms with Crippen LogP contribution in [0.1, 0.15) is 0 Å². The van der Waals surface area contributed by atoms with Crippen molar-refractivity contribution in [2.45, 2.75) is 0 Å². The fraction of sp³-hybridized carbons (Fsp3) is 1.00. The van der Waals surface area contributed by atoms with Gasteiger partial charge in [-0.2, -0.15) is 12.6 Å². The first-order chi connectivity index (χ1) is 1.91. The number of alkyl halides is 1. The molecular weight excluding hydrogens is 136 g/mol. The summed E-state index contributed by atoms with van der Waals surface area (Å²) in [5.74, 6) is 0.931. The highest BCUT2D eigenvalue weighted by molar-refractivity contribution is 9.09. The van der Waals surface area contributed by atoms with E-state index < -0.39 is 0 Å². The second-order valence-corrected chi connectivity index (χ2v) is 1.65. The fourth-order valence-corrected chi connectivity index (χ4v) is 0. The van der Waals surface area contributed by atoms with Crippen LogP contribution in [0.5, 0.6) is 0 Å². The molecule has 0 spiro atoms. The number of halogens is 1. The molecule has 0 nitrogen and oxygen atoms in total. The number of hydrogen-bond donors (Lipinski definition) is 1. The Bertz CT molecular complexity index is 8.00. The molecule has 0 bridgehead atoms. The molecule has 0 unspecified atom stereocenters. The van der Waals surface area contributed by atoms with Crippen LogP contribution in [0.4, 0.5) is 0 Å². The summed E-state index contributed by atoms with van der Waals surface area (Å²) in [4.78, 5) is 0. The maximum Gasteiger partial charge on any atom is 0.0120 e. The Balaban J connectivity index is 1.97. The molecule has 0 aromatic heterocycles. The zero-order valence-corrected chi connectivity index (χ0v) is 4.72. The molecule has 0 aliphatic rings. The van der Waals surface area contributed by atoms with Crippen LogP contribution in [0.25, 0.3) is 0 Å². The lowest BCUT2D eigenvalue weighted by molar-refractivity contribution is 1.60. The predicted molar refractivity (Wildman–Crippen MR) is 27.6 cm³/mol. The van der Waals surface area contributed by atoms with Crippen LogP contribution >= 0.6 is 28.6 Å². The third-order valence-corrected chi connectivity index (χ3v) is 1.32. The highest BCUT2D eigenvalue weighted by Gasteiger charge is 1.59. The van der Waals surface area contributed by atoms with Crippen LogP contribution in [0.3, 0.4) is 0 Å². The Morgan fingerprint density at radius 1 is 1.75 bits per heavy atom. The van der Waals surface area contributed by atoms with Gasteiger partial charge in [-0.15, -0.1) is 0 Å². The van der Waals surface area contributed by atoms with Gasteiger partial charge in [0.2, 0.25) is 0 Å². The summed E-state index contributed by atoms with van der Waals surface area (Å²) in [7, 11) is 0.